The number of carbonyl (C=O) groups is 1. The summed E-state index contributed by atoms with van der Waals surface area (Å²) < 4.78 is 46.4. The third-order valence-corrected chi connectivity index (χ3v) is 10.6. The predicted molar refractivity (Wildman–Crippen MR) is 184 cm³/mol. The second-order valence-electron chi connectivity index (χ2n) is 12.9. The van der Waals surface area contributed by atoms with Gasteiger partial charge in [0.15, 0.2) is 12.2 Å². The van der Waals surface area contributed by atoms with Gasteiger partial charge in [0.25, 0.3) is 0 Å². The summed E-state index contributed by atoms with van der Waals surface area (Å²) in [5.74, 6) is -0.267. The predicted octanol–water partition coefficient (Wildman–Crippen LogP) is 4.73. The summed E-state index contributed by atoms with van der Waals surface area (Å²) in [6.45, 7) is 4.37. The van der Waals surface area contributed by atoms with Crippen molar-refractivity contribution in [3.63, 3.8) is 0 Å². The lowest BCUT2D eigenvalue weighted by atomic mass is 10.0. The molecule has 0 radical (unpaired) electrons. The molecule has 260 valence electrons. The number of rotatable bonds is 13. The highest BCUT2D eigenvalue weighted by Gasteiger charge is 2.44. The Labute approximate surface area is 285 Å². The molecule has 2 aliphatic rings. The first-order chi connectivity index (χ1) is 23.6. The number of H-pyrrole nitrogens is 1. The third kappa shape index (κ3) is 8.14. The molecule has 12 nitrogen and oxygen atoms in total. The Kier molecular flexibility index (Phi) is 10.7. The molecule has 3 heterocycles. The molecule has 0 saturated carbocycles. The fourth-order valence-electron chi connectivity index (χ4n) is 6.31. The summed E-state index contributed by atoms with van der Waals surface area (Å²) in [7, 11) is -4.14. The number of aliphatic hydroxyl groups excluding tert-OH is 1. The molecule has 13 heteroatoms. The standard InChI is InChI=1S/C36H42N4O8S/c1-23(2)20-40(49(44,45)26-13-14-27-29(34(42)38-30(27)18-26)19-37-25-11-7-4-8-12-25)21-32(41)31(17-24-9-5-3-6-10-24)39-36(43)48-33-22-47-35-28(33)15-16-46-35/h3-14,18-19,23,28,31-33,35,38,41-42H,15-17,20-22H2,1-2H3,(H,39,43)/t28-,31+,32-,33+,35+/m1/s1. The first-order valence-corrected chi connectivity index (χ1v) is 17.9. The maximum atomic E-state index is 14.2. The van der Waals surface area contributed by atoms with Crippen molar-refractivity contribution in [1.29, 1.82) is 0 Å². The molecule has 2 aliphatic heterocycles. The lowest BCUT2D eigenvalue weighted by molar-refractivity contribution is -0.0907. The molecule has 0 aliphatic carbocycles. The minimum absolute atomic E-state index is 0.0119. The van der Waals surface area contributed by atoms with E-state index in [1.54, 1.807) is 6.07 Å². The van der Waals surface area contributed by atoms with E-state index in [9.17, 15) is 23.4 Å². The van der Waals surface area contributed by atoms with Crippen molar-refractivity contribution in [1.82, 2.24) is 14.6 Å². The monoisotopic (exact) mass is 690 g/mol. The maximum Gasteiger partial charge on any atom is 0.407 e. The largest absolute Gasteiger partial charge is 0.494 e. The Bertz CT molecular complexity index is 1870. The van der Waals surface area contributed by atoms with Crippen LogP contribution in [0, 0.1) is 11.8 Å². The van der Waals surface area contributed by atoms with Crippen molar-refractivity contribution in [2.45, 2.75) is 56.1 Å². The van der Waals surface area contributed by atoms with Crippen LogP contribution in [-0.2, 0) is 30.7 Å². The van der Waals surface area contributed by atoms with E-state index in [0.717, 1.165) is 12.0 Å². The average Bonchev–Trinajstić information content (AvgIpc) is 3.79. The van der Waals surface area contributed by atoms with Gasteiger partial charge in [-0.15, -0.1) is 0 Å². The first kappa shape index (κ1) is 34.6. The van der Waals surface area contributed by atoms with E-state index in [4.69, 9.17) is 14.2 Å². The molecule has 4 aromatic rings. The highest BCUT2D eigenvalue weighted by molar-refractivity contribution is 7.89. The van der Waals surface area contributed by atoms with E-state index < -0.39 is 34.4 Å². The average molecular weight is 691 g/mol. The van der Waals surface area contributed by atoms with Gasteiger partial charge in [-0.2, -0.15) is 4.31 Å². The molecular weight excluding hydrogens is 648 g/mol. The maximum absolute atomic E-state index is 14.2. The fraction of sp³-hybridized carbons (Fsp3) is 0.389. The van der Waals surface area contributed by atoms with Gasteiger partial charge in [-0.1, -0.05) is 68.4 Å². The number of aliphatic imine (C=N–C) groups is 1. The number of aliphatic hydroxyl groups is 1. The smallest absolute Gasteiger partial charge is 0.407 e. The minimum atomic E-state index is -4.14. The number of alkyl carbamates (subject to hydrolysis) is 1. The SMILES string of the molecule is CC(C)CN(C[C@@H](O)[C@H](Cc1ccccc1)NC(=O)O[C@H]1CO[C@@H]2OCC[C@@H]21)S(=O)(=O)c1ccc2c(C=Nc3ccccc3)c(O)[nH]c2c1. The summed E-state index contributed by atoms with van der Waals surface area (Å²) in [4.78, 5) is 20.4. The first-order valence-electron chi connectivity index (χ1n) is 16.4. The van der Waals surface area contributed by atoms with Crippen LogP contribution in [0.25, 0.3) is 10.9 Å². The number of ether oxygens (including phenoxy) is 3. The van der Waals surface area contributed by atoms with Crippen molar-refractivity contribution in [2.24, 2.45) is 16.8 Å². The number of para-hydroxylation sites is 1. The molecule has 0 unspecified atom stereocenters. The molecule has 3 aromatic carbocycles. The third-order valence-electron chi connectivity index (χ3n) is 8.80. The van der Waals surface area contributed by atoms with E-state index in [0.29, 0.717) is 28.8 Å². The Hall–Kier alpha value is -4.27. The quantitative estimate of drug-likeness (QED) is 0.146. The summed E-state index contributed by atoms with van der Waals surface area (Å²) in [5.41, 5.74) is 2.40. The van der Waals surface area contributed by atoms with Crippen LogP contribution in [0.4, 0.5) is 10.5 Å². The molecule has 49 heavy (non-hydrogen) atoms. The molecule has 4 N–H and O–H groups in total. The van der Waals surface area contributed by atoms with Crippen molar-refractivity contribution in [3.8, 4) is 5.88 Å². The second-order valence-corrected chi connectivity index (χ2v) is 14.8. The zero-order valence-corrected chi connectivity index (χ0v) is 28.3. The summed E-state index contributed by atoms with van der Waals surface area (Å²) in [6, 6.07) is 22.3. The van der Waals surface area contributed by atoms with Crippen molar-refractivity contribution < 1.29 is 37.6 Å². The summed E-state index contributed by atoms with van der Waals surface area (Å²) >= 11 is 0. The molecular formula is C36H42N4O8S. The van der Waals surface area contributed by atoms with Gasteiger partial charge < -0.3 is 34.7 Å². The molecule has 1 aromatic heterocycles. The lowest BCUT2D eigenvalue weighted by Crippen LogP contribution is -2.51. The van der Waals surface area contributed by atoms with Crippen LogP contribution in [0.15, 0.2) is 88.8 Å². The van der Waals surface area contributed by atoms with E-state index in [-0.39, 0.29) is 55.0 Å². The molecule has 0 spiro atoms. The van der Waals surface area contributed by atoms with Gasteiger partial charge in [0, 0.05) is 24.7 Å². The summed E-state index contributed by atoms with van der Waals surface area (Å²) in [5, 5.41) is 25.7. The fourth-order valence-corrected chi connectivity index (χ4v) is 7.96. The minimum Gasteiger partial charge on any atom is -0.494 e. The Morgan fingerprint density at radius 2 is 1.82 bits per heavy atom. The Balaban J connectivity index is 1.22. The molecule has 2 fully saturated rings. The van der Waals surface area contributed by atoms with Crippen LogP contribution in [0.2, 0.25) is 0 Å². The zero-order chi connectivity index (χ0) is 34.5. The van der Waals surface area contributed by atoms with Crippen LogP contribution in [0.5, 0.6) is 5.88 Å². The highest BCUT2D eigenvalue weighted by Crippen LogP contribution is 2.33. The number of aromatic hydroxyl groups is 1. The molecule has 2 saturated heterocycles. The van der Waals surface area contributed by atoms with Gasteiger partial charge in [-0.3, -0.25) is 4.99 Å². The van der Waals surface area contributed by atoms with Crippen LogP contribution < -0.4 is 5.32 Å². The van der Waals surface area contributed by atoms with Gasteiger partial charge >= 0.3 is 6.09 Å². The highest BCUT2D eigenvalue weighted by atomic mass is 32.2. The molecule has 5 atom stereocenters. The number of sulfonamides is 1. The summed E-state index contributed by atoms with van der Waals surface area (Å²) in [6.07, 6.45) is -0.385. The van der Waals surface area contributed by atoms with Crippen molar-refractivity contribution in [2.75, 3.05) is 26.3 Å². The van der Waals surface area contributed by atoms with Gasteiger partial charge in [-0.25, -0.2) is 13.2 Å². The topological polar surface area (TPSA) is 163 Å². The number of hydrogen-bond donors (Lipinski definition) is 4. The Morgan fingerprint density at radius 3 is 2.55 bits per heavy atom. The van der Waals surface area contributed by atoms with E-state index in [1.165, 1.54) is 22.7 Å². The van der Waals surface area contributed by atoms with E-state index in [1.807, 2.05) is 74.5 Å². The number of nitrogens with zero attached hydrogens (tertiary/aromatic N) is 2. The zero-order valence-electron chi connectivity index (χ0n) is 27.4. The van der Waals surface area contributed by atoms with Gasteiger partial charge in [0.2, 0.25) is 10.0 Å². The van der Waals surface area contributed by atoms with Crippen LogP contribution >= 0.6 is 0 Å². The number of hydrogen-bond acceptors (Lipinski definition) is 9. The number of fused-ring (bicyclic) bond motifs is 2. The molecule has 0 bridgehead atoms. The van der Waals surface area contributed by atoms with Gasteiger partial charge in [0.05, 0.1) is 52.9 Å². The van der Waals surface area contributed by atoms with Crippen LogP contribution in [0.1, 0.15) is 31.4 Å². The van der Waals surface area contributed by atoms with E-state index >= 15 is 0 Å². The normalized spacial score (nSPS) is 20.6. The molecule has 6 rings (SSSR count). The Morgan fingerprint density at radius 1 is 1.08 bits per heavy atom. The van der Waals surface area contributed by atoms with Crippen LogP contribution in [-0.4, -0.2) is 91.1 Å². The van der Waals surface area contributed by atoms with Crippen molar-refractivity contribution >= 4 is 38.9 Å². The number of aromatic nitrogens is 1. The van der Waals surface area contributed by atoms with Crippen LogP contribution in [0.3, 0.4) is 0 Å². The number of nitrogens with one attached hydrogen (secondary N) is 2. The van der Waals surface area contributed by atoms with Crippen molar-refractivity contribution in [3.05, 3.63) is 90.0 Å². The van der Waals surface area contributed by atoms with E-state index in [2.05, 4.69) is 15.3 Å². The molecule has 1 amide bonds. The number of carbonyl (C=O) groups excluding carboxylic acids is 1. The number of amides is 1. The van der Waals surface area contributed by atoms with Gasteiger partial charge in [0.1, 0.15) is 6.10 Å². The number of aromatic amines is 1. The lowest BCUT2D eigenvalue weighted by Gasteiger charge is -2.31. The number of benzene rings is 3. The van der Waals surface area contributed by atoms with Gasteiger partial charge in [-0.05, 0) is 48.6 Å². The second kappa shape index (κ2) is 15.1.